The molecule has 0 spiro atoms. The summed E-state index contributed by atoms with van der Waals surface area (Å²) in [5.41, 5.74) is 2.84. The van der Waals surface area contributed by atoms with Crippen molar-refractivity contribution in [3.63, 3.8) is 0 Å². The summed E-state index contributed by atoms with van der Waals surface area (Å²) in [5.74, 6) is -0.473. The molecule has 0 aromatic carbocycles. The number of rotatable bonds is 7. The third-order valence-electron chi connectivity index (χ3n) is 2.61. The summed E-state index contributed by atoms with van der Waals surface area (Å²) in [4.78, 5) is 22.7. The van der Waals surface area contributed by atoms with Crippen molar-refractivity contribution in [1.29, 1.82) is 0 Å². The number of hydrazone groups is 1. The molecule has 0 radical (unpaired) electrons. The van der Waals surface area contributed by atoms with Gasteiger partial charge in [0.25, 0.3) is 5.91 Å². The third-order valence-corrected chi connectivity index (χ3v) is 2.61. The molecule has 1 atom stereocenters. The molecule has 108 valence electrons. The van der Waals surface area contributed by atoms with E-state index >= 15 is 0 Å². The summed E-state index contributed by atoms with van der Waals surface area (Å²) in [6, 6.07) is 0. The standard InChI is InChI=1S/C12H21N3O4/c1-9(14-15-12(17)8-18-2)6-11(16)13-7-10-4-3-5-19-10/h10H,3-8H2,1-2H3,(H,13,16)(H,15,17)/b14-9+. The second-order valence-electron chi connectivity index (χ2n) is 4.43. The van der Waals surface area contributed by atoms with Gasteiger partial charge in [0.05, 0.1) is 12.5 Å². The number of amides is 2. The first kappa shape index (κ1) is 15.6. The van der Waals surface area contributed by atoms with Gasteiger partial charge >= 0.3 is 0 Å². The van der Waals surface area contributed by atoms with Gasteiger partial charge in [-0.05, 0) is 19.8 Å². The molecule has 7 heteroatoms. The Morgan fingerprint density at radius 3 is 2.84 bits per heavy atom. The highest BCUT2D eigenvalue weighted by Crippen LogP contribution is 2.10. The van der Waals surface area contributed by atoms with Crippen molar-refractivity contribution in [2.75, 3.05) is 26.9 Å². The maximum atomic E-state index is 11.6. The second-order valence-corrected chi connectivity index (χ2v) is 4.43. The lowest BCUT2D eigenvalue weighted by molar-refractivity contribution is -0.125. The fourth-order valence-electron chi connectivity index (χ4n) is 1.69. The van der Waals surface area contributed by atoms with Gasteiger partial charge in [-0.3, -0.25) is 9.59 Å². The molecule has 1 heterocycles. The molecule has 19 heavy (non-hydrogen) atoms. The Kier molecular flexibility index (Phi) is 7.06. The van der Waals surface area contributed by atoms with E-state index in [4.69, 9.17) is 4.74 Å². The van der Waals surface area contributed by atoms with Crippen molar-refractivity contribution in [3.8, 4) is 0 Å². The van der Waals surface area contributed by atoms with Crippen molar-refractivity contribution < 1.29 is 19.1 Å². The largest absolute Gasteiger partial charge is 0.376 e. The van der Waals surface area contributed by atoms with E-state index in [1.54, 1.807) is 6.92 Å². The maximum absolute atomic E-state index is 11.6. The van der Waals surface area contributed by atoms with E-state index in [-0.39, 0.29) is 30.9 Å². The fourth-order valence-corrected chi connectivity index (χ4v) is 1.69. The van der Waals surface area contributed by atoms with Crippen LogP contribution in [0.25, 0.3) is 0 Å². The first-order valence-electron chi connectivity index (χ1n) is 6.31. The van der Waals surface area contributed by atoms with Gasteiger partial charge in [-0.1, -0.05) is 0 Å². The summed E-state index contributed by atoms with van der Waals surface area (Å²) in [6.07, 6.45) is 2.31. The van der Waals surface area contributed by atoms with Gasteiger partial charge in [-0.15, -0.1) is 0 Å². The zero-order valence-corrected chi connectivity index (χ0v) is 11.4. The Balaban J connectivity index is 2.18. The molecule has 0 aliphatic carbocycles. The van der Waals surface area contributed by atoms with Crippen LogP contribution in [0, 0.1) is 0 Å². The Morgan fingerprint density at radius 1 is 1.42 bits per heavy atom. The van der Waals surface area contributed by atoms with E-state index in [1.165, 1.54) is 7.11 Å². The van der Waals surface area contributed by atoms with Crippen LogP contribution in [0.15, 0.2) is 5.10 Å². The molecule has 0 bridgehead atoms. The van der Waals surface area contributed by atoms with Gasteiger partial charge < -0.3 is 14.8 Å². The lowest BCUT2D eigenvalue weighted by Crippen LogP contribution is -2.33. The molecule has 1 unspecified atom stereocenters. The normalized spacial score (nSPS) is 19.3. The zero-order chi connectivity index (χ0) is 14.1. The molecule has 2 amide bonds. The summed E-state index contributed by atoms with van der Waals surface area (Å²) < 4.78 is 10.0. The fraction of sp³-hybridized carbons (Fsp3) is 0.750. The van der Waals surface area contributed by atoms with Crippen LogP contribution in [0.5, 0.6) is 0 Å². The highest BCUT2D eigenvalue weighted by Gasteiger charge is 2.16. The van der Waals surface area contributed by atoms with Gasteiger partial charge in [0, 0.05) is 26.0 Å². The molecule has 1 fully saturated rings. The van der Waals surface area contributed by atoms with E-state index in [9.17, 15) is 9.59 Å². The smallest absolute Gasteiger partial charge is 0.266 e. The highest BCUT2D eigenvalue weighted by atomic mass is 16.5. The van der Waals surface area contributed by atoms with Gasteiger partial charge in [0.15, 0.2) is 0 Å². The summed E-state index contributed by atoms with van der Waals surface area (Å²) >= 11 is 0. The van der Waals surface area contributed by atoms with Crippen LogP contribution >= 0.6 is 0 Å². The van der Waals surface area contributed by atoms with Crippen molar-refractivity contribution >= 4 is 17.5 Å². The van der Waals surface area contributed by atoms with Crippen LogP contribution < -0.4 is 10.7 Å². The number of carbonyl (C=O) groups is 2. The lowest BCUT2D eigenvalue weighted by atomic mass is 10.2. The topological polar surface area (TPSA) is 89.0 Å². The number of hydrogen-bond donors (Lipinski definition) is 2. The maximum Gasteiger partial charge on any atom is 0.266 e. The number of ether oxygens (including phenoxy) is 2. The molecule has 0 aromatic heterocycles. The van der Waals surface area contributed by atoms with Crippen molar-refractivity contribution in [3.05, 3.63) is 0 Å². The summed E-state index contributed by atoms with van der Waals surface area (Å²) in [5, 5.41) is 6.59. The Hall–Kier alpha value is -1.47. The summed E-state index contributed by atoms with van der Waals surface area (Å²) in [7, 11) is 1.43. The molecule has 1 aliphatic rings. The van der Waals surface area contributed by atoms with Crippen LogP contribution in [-0.2, 0) is 19.1 Å². The SMILES string of the molecule is COCC(=O)N/N=C(\C)CC(=O)NCC1CCCO1. The van der Waals surface area contributed by atoms with Crippen LogP contribution in [0.1, 0.15) is 26.2 Å². The Labute approximate surface area is 112 Å². The van der Waals surface area contributed by atoms with E-state index in [1.807, 2.05) is 0 Å². The molecule has 1 aliphatic heterocycles. The van der Waals surface area contributed by atoms with Crippen molar-refractivity contribution in [1.82, 2.24) is 10.7 Å². The highest BCUT2D eigenvalue weighted by molar-refractivity contribution is 6.00. The molecule has 0 saturated carbocycles. The summed E-state index contributed by atoms with van der Waals surface area (Å²) in [6.45, 7) is 2.93. The van der Waals surface area contributed by atoms with Crippen LogP contribution in [0.2, 0.25) is 0 Å². The number of carbonyl (C=O) groups excluding carboxylic acids is 2. The van der Waals surface area contributed by atoms with Crippen molar-refractivity contribution in [2.24, 2.45) is 5.10 Å². The minimum atomic E-state index is -0.346. The minimum Gasteiger partial charge on any atom is -0.376 e. The van der Waals surface area contributed by atoms with Crippen LogP contribution in [0.4, 0.5) is 0 Å². The molecule has 0 aromatic rings. The lowest BCUT2D eigenvalue weighted by Gasteiger charge is -2.10. The van der Waals surface area contributed by atoms with Gasteiger partial charge in [0.1, 0.15) is 6.61 Å². The van der Waals surface area contributed by atoms with Crippen LogP contribution in [-0.4, -0.2) is 50.5 Å². The molecule has 2 N–H and O–H groups in total. The molecule has 1 rings (SSSR count). The zero-order valence-electron chi connectivity index (χ0n) is 11.4. The third kappa shape index (κ3) is 6.88. The molecular formula is C12H21N3O4. The Bertz CT molecular complexity index is 338. The Morgan fingerprint density at radius 2 is 2.21 bits per heavy atom. The van der Waals surface area contributed by atoms with Gasteiger partial charge in [0.2, 0.25) is 5.91 Å². The average molecular weight is 271 g/mol. The van der Waals surface area contributed by atoms with E-state index < -0.39 is 0 Å². The first-order valence-corrected chi connectivity index (χ1v) is 6.31. The quantitative estimate of drug-likeness (QED) is 0.496. The van der Waals surface area contributed by atoms with Crippen molar-refractivity contribution in [2.45, 2.75) is 32.3 Å². The number of nitrogens with zero attached hydrogens (tertiary/aromatic N) is 1. The number of nitrogens with one attached hydrogen (secondary N) is 2. The predicted octanol–water partition coefficient (Wildman–Crippen LogP) is -0.190. The number of hydrogen-bond acceptors (Lipinski definition) is 5. The van der Waals surface area contributed by atoms with Gasteiger partial charge in [-0.25, -0.2) is 5.43 Å². The minimum absolute atomic E-state index is 0.0536. The van der Waals surface area contributed by atoms with E-state index in [0.717, 1.165) is 19.4 Å². The monoisotopic (exact) mass is 271 g/mol. The molecular weight excluding hydrogens is 250 g/mol. The number of methoxy groups -OCH3 is 1. The van der Waals surface area contributed by atoms with E-state index in [0.29, 0.717) is 12.3 Å². The second kappa shape index (κ2) is 8.60. The van der Waals surface area contributed by atoms with Crippen LogP contribution in [0.3, 0.4) is 0 Å². The average Bonchev–Trinajstić information content (AvgIpc) is 2.87. The first-order chi connectivity index (χ1) is 9.11. The molecule has 1 saturated heterocycles. The predicted molar refractivity (Wildman–Crippen MR) is 69.7 cm³/mol. The van der Waals surface area contributed by atoms with Gasteiger partial charge in [-0.2, -0.15) is 5.10 Å². The molecule has 7 nitrogen and oxygen atoms in total. The van der Waals surface area contributed by atoms with E-state index in [2.05, 4.69) is 20.6 Å².